The second-order valence-electron chi connectivity index (χ2n) is 4.01. The van der Waals surface area contributed by atoms with Gasteiger partial charge in [-0.1, -0.05) is 0 Å². The lowest BCUT2D eigenvalue weighted by molar-refractivity contribution is 0.187. The maximum atomic E-state index is 9.33. The predicted molar refractivity (Wildman–Crippen MR) is 56.9 cm³/mol. The third kappa shape index (κ3) is 2.06. The number of fused-ring (bicyclic) bond motifs is 1. The summed E-state index contributed by atoms with van der Waals surface area (Å²) < 4.78 is 7.26. The molecule has 0 amide bonds. The maximum Gasteiger partial charge on any atom is 0.111 e. The van der Waals surface area contributed by atoms with E-state index in [1.807, 2.05) is 6.20 Å². The van der Waals surface area contributed by atoms with Crippen LogP contribution in [0.1, 0.15) is 30.4 Å². The summed E-state index contributed by atoms with van der Waals surface area (Å²) in [6.07, 6.45) is 6.05. The highest BCUT2D eigenvalue weighted by Crippen LogP contribution is 2.26. The van der Waals surface area contributed by atoms with Gasteiger partial charge in [-0.3, -0.25) is 0 Å². The number of ether oxygens (including phenoxy) is 1. The van der Waals surface area contributed by atoms with E-state index in [4.69, 9.17) is 4.74 Å². The van der Waals surface area contributed by atoms with E-state index in [-0.39, 0.29) is 12.6 Å². The van der Waals surface area contributed by atoms with Gasteiger partial charge in [-0.15, -0.1) is 0 Å². The fourth-order valence-electron chi connectivity index (χ4n) is 2.27. The fraction of sp³-hybridized carbons (Fsp3) is 0.727. The van der Waals surface area contributed by atoms with Crippen LogP contribution in [0.5, 0.6) is 0 Å². The van der Waals surface area contributed by atoms with Crippen molar-refractivity contribution in [3.8, 4) is 0 Å². The molecule has 0 fully saturated rings. The Labute approximate surface area is 89.9 Å². The molecule has 4 heteroatoms. The van der Waals surface area contributed by atoms with E-state index in [1.54, 1.807) is 7.11 Å². The normalized spacial score (nSPS) is 20.3. The third-order valence-electron chi connectivity index (χ3n) is 3.03. The quantitative estimate of drug-likeness (QED) is 0.804. The zero-order valence-corrected chi connectivity index (χ0v) is 9.15. The molecule has 0 aliphatic carbocycles. The van der Waals surface area contributed by atoms with Crippen LogP contribution in [0.25, 0.3) is 0 Å². The van der Waals surface area contributed by atoms with Crippen molar-refractivity contribution in [3.63, 3.8) is 0 Å². The molecule has 1 atom stereocenters. The summed E-state index contributed by atoms with van der Waals surface area (Å²) in [5, 5.41) is 9.33. The lowest BCUT2D eigenvalue weighted by Gasteiger charge is -2.25. The zero-order chi connectivity index (χ0) is 10.7. The van der Waals surface area contributed by atoms with Crippen LogP contribution in [-0.2, 0) is 17.6 Å². The molecule has 0 saturated carbocycles. The van der Waals surface area contributed by atoms with E-state index in [0.29, 0.717) is 6.61 Å². The number of aliphatic hydroxyl groups excluding tert-OH is 1. The van der Waals surface area contributed by atoms with E-state index < -0.39 is 0 Å². The molecule has 0 radical (unpaired) electrons. The molecule has 2 rings (SSSR count). The molecule has 4 nitrogen and oxygen atoms in total. The van der Waals surface area contributed by atoms with Crippen molar-refractivity contribution in [1.82, 2.24) is 9.55 Å². The van der Waals surface area contributed by atoms with Crippen molar-refractivity contribution in [2.75, 3.05) is 20.3 Å². The molecule has 1 aliphatic rings. The highest BCUT2D eigenvalue weighted by atomic mass is 16.5. The highest BCUT2D eigenvalue weighted by Gasteiger charge is 2.21. The van der Waals surface area contributed by atoms with E-state index in [1.165, 1.54) is 5.69 Å². The summed E-state index contributed by atoms with van der Waals surface area (Å²) in [7, 11) is 1.70. The average Bonchev–Trinajstić information content (AvgIpc) is 2.69. The van der Waals surface area contributed by atoms with Gasteiger partial charge >= 0.3 is 0 Å². The maximum absolute atomic E-state index is 9.33. The number of hydrogen-bond donors (Lipinski definition) is 1. The number of hydrogen-bond acceptors (Lipinski definition) is 3. The van der Waals surface area contributed by atoms with Crippen LogP contribution in [0.15, 0.2) is 6.20 Å². The van der Waals surface area contributed by atoms with Crippen molar-refractivity contribution in [2.24, 2.45) is 0 Å². The minimum absolute atomic E-state index is 0.212. The van der Waals surface area contributed by atoms with Gasteiger partial charge in [0, 0.05) is 25.4 Å². The Kier molecular flexibility index (Phi) is 3.38. The monoisotopic (exact) mass is 210 g/mol. The van der Waals surface area contributed by atoms with Crippen LogP contribution in [0.2, 0.25) is 0 Å². The lowest BCUT2D eigenvalue weighted by atomic mass is 10.0. The van der Waals surface area contributed by atoms with Gasteiger partial charge in [0.2, 0.25) is 0 Å². The summed E-state index contributed by atoms with van der Waals surface area (Å²) in [5.74, 6) is 1.05. The van der Waals surface area contributed by atoms with Crippen LogP contribution in [0, 0.1) is 0 Å². The molecule has 15 heavy (non-hydrogen) atoms. The minimum Gasteiger partial charge on any atom is -0.394 e. The number of aryl methyl sites for hydroxylation is 1. The van der Waals surface area contributed by atoms with Crippen LogP contribution in [0.3, 0.4) is 0 Å². The third-order valence-corrected chi connectivity index (χ3v) is 3.03. The van der Waals surface area contributed by atoms with Gasteiger partial charge < -0.3 is 14.4 Å². The number of nitrogens with zero attached hydrogens (tertiary/aromatic N) is 2. The van der Waals surface area contributed by atoms with Crippen molar-refractivity contribution in [1.29, 1.82) is 0 Å². The van der Waals surface area contributed by atoms with Crippen LogP contribution < -0.4 is 0 Å². The standard InChI is InChI=1S/C11H18N2O2/c1-15-6-5-11-12-7-9-3-2-4-10(8-14)13(9)11/h7,10,14H,2-6,8H2,1H3. The Bertz CT molecular complexity index is 322. The molecule has 0 saturated heterocycles. The molecule has 1 aromatic rings. The Morgan fingerprint density at radius 3 is 3.27 bits per heavy atom. The molecule has 1 aliphatic heterocycles. The molecule has 2 heterocycles. The number of methoxy groups -OCH3 is 1. The molecule has 0 spiro atoms. The average molecular weight is 210 g/mol. The first-order valence-electron chi connectivity index (χ1n) is 5.51. The van der Waals surface area contributed by atoms with Gasteiger partial charge in [0.25, 0.3) is 0 Å². The van der Waals surface area contributed by atoms with Gasteiger partial charge in [-0.05, 0) is 19.3 Å². The first-order valence-corrected chi connectivity index (χ1v) is 5.51. The number of aromatic nitrogens is 2. The van der Waals surface area contributed by atoms with Gasteiger partial charge in [-0.25, -0.2) is 4.98 Å². The molecular weight excluding hydrogens is 192 g/mol. The molecule has 0 bridgehead atoms. The summed E-state index contributed by atoms with van der Waals surface area (Å²) >= 11 is 0. The second kappa shape index (κ2) is 4.77. The summed E-state index contributed by atoms with van der Waals surface area (Å²) in [6.45, 7) is 0.901. The smallest absolute Gasteiger partial charge is 0.111 e. The Morgan fingerprint density at radius 2 is 2.53 bits per heavy atom. The van der Waals surface area contributed by atoms with Gasteiger partial charge in [0.1, 0.15) is 5.82 Å². The Hall–Kier alpha value is -0.870. The van der Waals surface area contributed by atoms with Crippen molar-refractivity contribution >= 4 is 0 Å². The van der Waals surface area contributed by atoms with Gasteiger partial charge in [0.15, 0.2) is 0 Å². The van der Waals surface area contributed by atoms with E-state index in [0.717, 1.165) is 31.5 Å². The van der Waals surface area contributed by atoms with Crippen LogP contribution in [0.4, 0.5) is 0 Å². The second-order valence-corrected chi connectivity index (χ2v) is 4.01. The summed E-state index contributed by atoms with van der Waals surface area (Å²) in [6, 6.07) is 0.225. The Morgan fingerprint density at radius 1 is 1.67 bits per heavy atom. The predicted octanol–water partition coefficient (Wildman–Crippen LogP) is 0.942. The van der Waals surface area contributed by atoms with Crippen LogP contribution in [-0.4, -0.2) is 35.0 Å². The van der Waals surface area contributed by atoms with E-state index in [9.17, 15) is 5.11 Å². The topological polar surface area (TPSA) is 47.3 Å². The van der Waals surface area contributed by atoms with Gasteiger partial charge in [-0.2, -0.15) is 0 Å². The van der Waals surface area contributed by atoms with Gasteiger partial charge in [0.05, 0.1) is 19.3 Å². The minimum atomic E-state index is 0.212. The first-order chi connectivity index (χ1) is 7.36. The zero-order valence-electron chi connectivity index (χ0n) is 9.15. The molecule has 1 unspecified atom stereocenters. The van der Waals surface area contributed by atoms with Crippen molar-refractivity contribution in [3.05, 3.63) is 17.7 Å². The summed E-state index contributed by atoms with van der Waals surface area (Å²) in [5.41, 5.74) is 1.26. The number of rotatable bonds is 4. The number of imidazole rings is 1. The molecule has 1 N–H and O–H groups in total. The van der Waals surface area contributed by atoms with Crippen molar-refractivity contribution in [2.45, 2.75) is 31.7 Å². The van der Waals surface area contributed by atoms with Crippen LogP contribution >= 0.6 is 0 Å². The van der Waals surface area contributed by atoms with E-state index in [2.05, 4.69) is 9.55 Å². The molecule has 0 aromatic carbocycles. The molecule has 1 aromatic heterocycles. The Balaban J connectivity index is 2.21. The molecular formula is C11H18N2O2. The van der Waals surface area contributed by atoms with Crippen molar-refractivity contribution < 1.29 is 9.84 Å². The molecule has 84 valence electrons. The highest BCUT2D eigenvalue weighted by molar-refractivity contribution is 5.10. The van der Waals surface area contributed by atoms with E-state index >= 15 is 0 Å². The SMILES string of the molecule is COCCc1ncc2n1C(CO)CCC2. The number of aliphatic hydroxyl groups is 1. The fourth-order valence-corrected chi connectivity index (χ4v) is 2.27. The largest absolute Gasteiger partial charge is 0.394 e. The first kappa shape index (κ1) is 10.6. The lowest BCUT2D eigenvalue weighted by Crippen LogP contribution is -2.23. The summed E-state index contributed by atoms with van der Waals surface area (Å²) in [4.78, 5) is 4.41.